The van der Waals surface area contributed by atoms with Gasteiger partial charge in [0.15, 0.2) is 5.11 Å². The average molecular weight is 434 g/mol. The molecule has 160 valence electrons. The van der Waals surface area contributed by atoms with Gasteiger partial charge >= 0.3 is 0 Å². The Kier molecular flexibility index (Phi) is 5.21. The molecule has 0 aromatic heterocycles. The SMILES string of the molecule is Cc1cc2c(cc1/C=C1/C(=O)NC(=S)N(c3ccccc3)C1=O)C(C)CC(C)(C)N2C. The monoisotopic (exact) mass is 433 g/mol. The molecule has 0 bridgehead atoms. The Labute approximate surface area is 188 Å². The molecule has 0 saturated carbocycles. The molecule has 0 spiro atoms. The summed E-state index contributed by atoms with van der Waals surface area (Å²) in [5.74, 6) is -0.503. The van der Waals surface area contributed by atoms with Gasteiger partial charge in [-0.1, -0.05) is 25.1 Å². The molecule has 2 amide bonds. The summed E-state index contributed by atoms with van der Waals surface area (Å²) in [7, 11) is 2.12. The molecule has 6 heteroatoms. The van der Waals surface area contributed by atoms with Crippen LogP contribution in [-0.2, 0) is 9.59 Å². The van der Waals surface area contributed by atoms with Gasteiger partial charge in [0.1, 0.15) is 5.57 Å². The number of carbonyl (C=O) groups excluding carboxylic acids is 2. The minimum atomic E-state index is -0.467. The summed E-state index contributed by atoms with van der Waals surface area (Å²) in [5, 5.41) is 2.75. The van der Waals surface area contributed by atoms with Gasteiger partial charge in [0.25, 0.3) is 11.8 Å². The molecule has 31 heavy (non-hydrogen) atoms. The van der Waals surface area contributed by atoms with E-state index in [0.717, 1.165) is 17.5 Å². The maximum absolute atomic E-state index is 13.3. The summed E-state index contributed by atoms with van der Waals surface area (Å²) < 4.78 is 0. The van der Waals surface area contributed by atoms with Crippen LogP contribution in [0.25, 0.3) is 6.08 Å². The van der Waals surface area contributed by atoms with Crippen LogP contribution in [0.2, 0.25) is 0 Å². The van der Waals surface area contributed by atoms with E-state index < -0.39 is 11.8 Å². The predicted molar refractivity (Wildman–Crippen MR) is 129 cm³/mol. The van der Waals surface area contributed by atoms with Crippen LogP contribution in [-0.4, -0.2) is 29.5 Å². The molecule has 5 nitrogen and oxygen atoms in total. The van der Waals surface area contributed by atoms with Crippen molar-refractivity contribution < 1.29 is 9.59 Å². The highest BCUT2D eigenvalue weighted by Crippen LogP contribution is 2.43. The van der Waals surface area contributed by atoms with Crippen molar-refractivity contribution in [2.24, 2.45) is 0 Å². The summed E-state index contributed by atoms with van der Waals surface area (Å²) in [4.78, 5) is 29.6. The first-order valence-corrected chi connectivity index (χ1v) is 10.9. The van der Waals surface area contributed by atoms with Gasteiger partial charge in [-0.3, -0.25) is 19.8 Å². The van der Waals surface area contributed by atoms with E-state index in [1.54, 1.807) is 18.2 Å². The number of hydrogen-bond donors (Lipinski definition) is 1. The fraction of sp³-hybridized carbons (Fsp3) is 0.320. The third-order valence-electron chi connectivity index (χ3n) is 6.44. The molecule has 0 radical (unpaired) electrons. The van der Waals surface area contributed by atoms with Gasteiger partial charge in [0.2, 0.25) is 0 Å². The fourth-order valence-corrected chi connectivity index (χ4v) is 4.80. The molecular weight excluding hydrogens is 406 g/mol. The number of nitrogens with zero attached hydrogens (tertiary/aromatic N) is 2. The molecule has 1 unspecified atom stereocenters. The van der Waals surface area contributed by atoms with Gasteiger partial charge in [0.05, 0.1) is 5.69 Å². The van der Waals surface area contributed by atoms with Gasteiger partial charge in [-0.15, -0.1) is 0 Å². The second kappa shape index (κ2) is 7.61. The molecule has 1 saturated heterocycles. The number of para-hydroxylation sites is 1. The van der Waals surface area contributed by atoms with Crippen molar-refractivity contribution in [3.63, 3.8) is 0 Å². The lowest BCUT2D eigenvalue weighted by atomic mass is 9.79. The van der Waals surface area contributed by atoms with E-state index in [0.29, 0.717) is 11.6 Å². The van der Waals surface area contributed by atoms with E-state index in [1.165, 1.54) is 16.2 Å². The molecule has 1 fully saturated rings. The van der Waals surface area contributed by atoms with Crippen molar-refractivity contribution in [3.8, 4) is 0 Å². The standard InChI is InChI=1S/C25H27N3O2S/c1-15-11-21-19(16(2)14-25(3,4)27(21)5)12-17(15)13-20-22(29)26-24(31)28(23(20)30)18-9-7-6-8-10-18/h6-13,16H,14H2,1-5H3,(H,26,29,31)/b20-13-. The van der Waals surface area contributed by atoms with Gasteiger partial charge in [-0.2, -0.15) is 0 Å². The minimum Gasteiger partial charge on any atom is -0.369 e. The molecule has 2 heterocycles. The largest absolute Gasteiger partial charge is 0.369 e. The smallest absolute Gasteiger partial charge is 0.270 e. The van der Waals surface area contributed by atoms with E-state index in [2.05, 4.69) is 50.2 Å². The second-order valence-corrected chi connectivity index (χ2v) is 9.42. The molecule has 2 aromatic carbocycles. The number of nitrogens with one attached hydrogen (secondary N) is 1. The molecule has 2 aliphatic rings. The van der Waals surface area contributed by atoms with Crippen LogP contribution in [0.15, 0.2) is 48.0 Å². The third kappa shape index (κ3) is 3.65. The molecule has 4 rings (SSSR count). The zero-order chi connectivity index (χ0) is 22.5. The van der Waals surface area contributed by atoms with Crippen LogP contribution in [0.5, 0.6) is 0 Å². The number of aryl methyl sites for hydroxylation is 1. The maximum Gasteiger partial charge on any atom is 0.270 e. The highest BCUT2D eigenvalue weighted by atomic mass is 32.1. The van der Waals surface area contributed by atoms with Crippen LogP contribution in [0, 0.1) is 6.92 Å². The number of carbonyl (C=O) groups is 2. The first kappa shape index (κ1) is 21.2. The zero-order valence-corrected chi connectivity index (χ0v) is 19.3. The summed E-state index contributed by atoms with van der Waals surface area (Å²) in [6, 6.07) is 13.4. The fourth-order valence-electron chi connectivity index (χ4n) is 4.51. The van der Waals surface area contributed by atoms with Crippen molar-refractivity contribution in [2.75, 3.05) is 16.8 Å². The Hall–Kier alpha value is -2.99. The second-order valence-electron chi connectivity index (χ2n) is 9.04. The third-order valence-corrected chi connectivity index (χ3v) is 6.72. The lowest BCUT2D eigenvalue weighted by Gasteiger charge is -2.45. The molecule has 2 aliphatic heterocycles. The van der Waals surface area contributed by atoms with Gasteiger partial charge in [-0.05, 0) is 92.4 Å². The van der Waals surface area contributed by atoms with E-state index in [-0.39, 0.29) is 16.2 Å². The lowest BCUT2D eigenvalue weighted by molar-refractivity contribution is -0.122. The molecular formula is C25H27N3O2S. The normalized spacial score (nSPS) is 21.9. The number of hydrogen-bond acceptors (Lipinski definition) is 4. The van der Waals surface area contributed by atoms with Crippen molar-refractivity contribution in [3.05, 3.63) is 64.7 Å². The molecule has 1 N–H and O–H groups in total. The summed E-state index contributed by atoms with van der Waals surface area (Å²) >= 11 is 5.28. The average Bonchev–Trinajstić information content (AvgIpc) is 2.70. The van der Waals surface area contributed by atoms with Crippen molar-refractivity contribution in [2.45, 2.75) is 45.6 Å². The minimum absolute atomic E-state index is 0.0734. The highest BCUT2D eigenvalue weighted by Gasteiger charge is 2.36. The summed E-state index contributed by atoms with van der Waals surface area (Å²) in [6.45, 7) is 8.75. The van der Waals surface area contributed by atoms with E-state index in [1.807, 2.05) is 25.1 Å². The van der Waals surface area contributed by atoms with Crippen molar-refractivity contribution in [1.29, 1.82) is 0 Å². The van der Waals surface area contributed by atoms with Crippen LogP contribution in [0.3, 0.4) is 0 Å². The quantitative estimate of drug-likeness (QED) is 0.429. The predicted octanol–water partition coefficient (Wildman–Crippen LogP) is 4.55. The zero-order valence-electron chi connectivity index (χ0n) is 18.5. The van der Waals surface area contributed by atoms with E-state index in [4.69, 9.17) is 12.2 Å². The molecule has 2 aromatic rings. The number of amides is 2. The van der Waals surface area contributed by atoms with E-state index in [9.17, 15) is 9.59 Å². The van der Waals surface area contributed by atoms with Gasteiger partial charge in [-0.25, -0.2) is 0 Å². The maximum atomic E-state index is 13.3. The number of fused-ring (bicyclic) bond motifs is 1. The van der Waals surface area contributed by atoms with Crippen LogP contribution < -0.4 is 15.1 Å². The van der Waals surface area contributed by atoms with Crippen LogP contribution >= 0.6 is 12.2 Å². The topological polar surface area (TPSA) is 52.7 Å². The number of thiocarbonyl (C=S) groups is 1. The highest BCUT2D eigenvalue weighted by molar-refractivity contribution is 7.80. The van der Waals surface area contributed by atoms with Crippen LogP contribution in [0.1, 0.15) is 49.8 Å². The van der Waals surface area contributed by atoms with Crippen molar-refractivity contribution >= 4 is 46.6 Å². The molecule has 0 aliphatic carbocycles. The number of rotatable bonds is 2. The first-order valence-electron chi connectivity index (χ1n) is 10.4. The molecule has 1 atom stereocenters. The van der Waals surface area contributed by atoms with Gasteiger partial charge in [0, 0.05) is 18.3 Å². The lowest BCUT2D eigenvalue weighted by Crippen LogP contribution is -2.54. The van der Waals surface area contributed by atoms with Crippen molar-refractivity contribution in [1.82, 2.24) is 5.32 Å². The Bertz CT molecular complexity index is 1120. The van der Waals surface area contributed by atoms with E-state index >= 15 is 0 Å². The number of anilines is 2. The number of benzene rings is 2. The Morgan fingerprint density at radius 3 is 2.52 bits per heavy atom. The Morgan fingerprint density at radius 1 is 1.16 bits per heavy atom. The van der Waals surface area contributed by atoms with Gasteiger partial charge < -0.3 is 4.90 Å². The summed E-state index contributed by atoms with van der Waals surface area (Å²) in [6.07, 6.45) is 2.72. The Balaban J connectivity index is 1.78. The Morgan fingerprint density at radius 2 is 1.84 bits per heavy atom. The summed E-state index contributed by atoms with van der Waals surface area (Å²) in [5.41, 5.74) is 5.11. The first-order chi connectivity index (χ1) is 14.6. The van der Waals surface area contributed by atoms with Crippen LogP contribution in [0.4, 0.5) is 11.4 Å².